The first-order valence-corrected chi connectivity index (χ1v) is 11.3. The van der Waals surface area contributed by atoms with E-state index in [2.05, 4.69) is 20.9 Å². The minimum Gasteiger partial charge on any atom is -0.488 e. The summed E-state index contributed by atoms with van der Waals surface area (Å²) < 4.78 is 20.0. The van der Waals surface area contributed by atoms with E-state index in [1.165, 1.54) is 23.9 Å². The molecule has 1 fully saturated rings. The summed E-state index contributed by atoms with van der Waals surface area (Å²) in [5.74, 6) is 0.311. The molecule has 1 saturated heterocycles. The average Bonchev–Trinajstić information content (AvgIpc) is 2.97. The van der Waals surface area contributed by atoms with Gasteiger partial charge in [-0.05, 0) is 81.4 Å². The molecule has 0 aromatic heterocycles. The zero-order valence-electron chi connectivity index (χ0n) is 17.4. The van der Waals surface area contributed by atoms with Gasteiger partial charge < -0.3 is 4.74 Å². The fourth-order valence-electron chi connectivity index (χ4n) is 2.90. The predicted molar refractivity (Wildman–Crippen MR) is 125 cm³/mol. The Morgan fingerprint density at radius 2 is 1.87 bits per heavy atom. The molecule has 158 valence electrons. The van der Waals surface area contributed by atoms with Gasteiger partial charge in [0.2, 0.25) is 0 Å². The molecule has 0 radical (unpaired) electrons. The first-order chi connectivity index (χ1) is 14.2. The number of ether oxygens (including phenoxy) is 1. The van der Waals surface area contributed by atoms with E-state index in [1.807, 2.05) is 52.0 Å². The molecule has 0 atom stereocenters. The Bertz CT molecular complexity index is 987. The van der Waals surface area contributed by atoms with Gasteiger partial charge in [-0.15, -0.1) is 0 Å². The van der Waals surface area contributed by atoms with Crippen LogP contribution in [0.4, 0.5) is 4.39 Å². The molecule has 1 amide bonds. The molecule has 4 nitrogen and oxygen atoms in total. The lowest BCUT2D eigenvalue weighted by molar-refractivity contribution is -0.123. The number of benzene rings is 2. The quantitative estimate of drug-likeness (QED) is 0.448. The SMILES string of the molecule is CC(C)N=C1S/C(=C/c2cc(Br)ccc2OCc2ccc(F)cc2)C(=O)N1C(C)C. The topological polar surface area (TPSA) is 41.9 Å². The van der Waals surface area contributed by atoms with E-state index in [9.17, 15) is 9.18 Å². The maximum atomic E-state index is 13.1. The Morgan fingerprint density at radius 1 is 1.17 bits per heavy atom. The molecule has 2 aromatic rings. The van der Waals surface area contributed by atoms with E-state index in [0.717, 1.165) is 20.8 Å². The fraction of sp³-hybridized carbons (Fsp3) is 0.304. The normalized spacial score (nSPS) is 17.1. The highest BCUT2D eigenvalue weighted by Gasteiger charge is 2.35. The third-order valence-corrected chi connectivity index (χ3v) is 5.78. The molecule has 0 aliphatic carbocycles. The van der Waals surface area contributed by atoms with E-state index in [1.54, 1.807) is 17.0 Å². The monoisotopic (exact) mass is 490 g/mol. The summed E-state index contributed by atoms with van der Waals surface area (Å²) in [5.41, 5.74) is 1.65. The first kappa shape index (κ1) is 22.6. The Balaban J connectivity index is 1.89. The van der Waals surface area contributed by atoms with Crippen LogP contribution in [0, 0.1) is 5.82 Å². The van der Waals surface area contributed by atoms with Crippen LogP contribution in [0.15, 0.2) is 56.8 Å². The van der Waals surface area contributed by atoms with Crippen molar-refractivity contribution in [3.05, 3.63) is 68.8 Å². The van der Waals surface area contributed by atoms with Crippen molar-refractivity contribution in [3.63, 3.8) is 0 Å². The van der Waals surface area contributed by atoms with Gasteiger partial charge in [0.15, 0.2) is 5.17 Å². The Morgan fingerprint density at radius 3 is 2.50 bits per heavy atom. The maximum Gasteiger partial charge on any atom is 0.266 e. The van der Waals surface area contributed by atoms with E-state index in [-0.39, 0.29) is 23.8 Å². The van der Waals surface area contributed by atoms with Crippen LogP contribution in [0.1, 0.15) is 38.8 Å². The molecule has 1 aliphatic rings. The smallest absolute Gasteiger partial charge is 0.266 e. The number of thioether (sulfide) groups is 1. The number of hydrogen-bond acceptors (Lipinski definition) is 4. The van der Waals surface area contributed by atoms with Crippen molar-refractivity contribution < 1.29 is 13.9 Å². The van der Waals surface area contributed by atoms with Crippen LogP contribution in [0.3, 0.4) is 0 Å². The first-order valence-electron chi connectivity index (χ1n) is 9.72. The van der Waals surface area contributed by atoms with Crippen LogP contribution < -0.4 is 4.74 Å². The molecule has 1 aliphatic heterocycles. The van der Waals surface area contributed by atoms with Crippen LogP contribution in [-0.2, 0) is 11.4 Å². The summed E-state index contributed by atoms with van der Waals surface area (Å²) in [4.78, 5) is 20.0. The molecule has 0 bridgehead atoms. The largest absolute Gasteiger partial charge is 0.488 e. The number of amides is 1. The summed E-state index contributed by atoms with van der Waals surface area (Å²) in [5, 5.41) is 0.722. The minimum absolute atomic E-state index is 0.0186. The van der Waals surface area contributed by atoms with E-state index < -0.39 is 0 Å². The van der Waals surface area contributed by atoms with Crippen molar-refractivity contribution in [1.29, 1.82) is 0 Å². The van der Waals surface area contributed by atoms with Crippen molar-refractivity contribution >= 4 is 44.8 Å². The van der Waals surface area contributed by atoms with E-state index in [4.69, 9.17) is 4.74 Å². The summed E-state index contributed by atoms with van der Waals surface area (Å²) in [6.07, 6.45) is 1.84. The standard InChI is InChI=1S/C23H24BrFN2O2S/c1-14(2)26-23-27(15(3)4)22(28)21(30-23)12-17-11-18(24)7-10-20(17)29-13-16-5-8-19(25)9-6-16/h5-12,14-15H,13H2,1-4H3/b21-12+,26-23?. The van der Waals surface area contributed by atoms with Gasteiger partial charge in [0.1, 0.15) is 18.2 Å². The second kappa shape index (κ2) is 9.79. The molecule has 0 unspecified atom stereocenters. The van der Waals surface area contributed by atoms with Gasteiger partial charge in [-0.2, -0.15) is 0 Å². The predicted octanol–water partition coefficient (Wildman–Crippen LogP) is 6.26. The molecule has 2 aromatic carbocycles. The van der Waals surface area contributed by atoms with Crippen LogP contribution in [0.2, 0.25) is 0 Å². The van der Waals surface area contributed by atoms with Crippen molar-refractivity contribution in [1.82, 2.24) is 4.90 Å². The number of aliphatic imine (C=N–C) groups is 1. The van der Waals surface area contributed by atoms with Gasteiger partial charge in [0.05, 0.1) is 4.91 Å². The molecule has 0 N–H and O–H groups in total. The zero-order valence-corrected chi connectivity index (χ0v) is 19.8. The van der Waals surface area contributed by atoms with E-state index >= 15 is 0 Å². The number of halogens is 2. The van der Waals surface area contributed by atoms with Crippen molar-refractivity contribution in [2.24, 2.45) is 4.99 Å². The second-order valence-electron chi connectivity index (χ2n) is 7.48. The molecule has 0 saturated carbocycles. The highest BCUT2D eigenvalue weighted by Crippen LogP contribution is 2.36. The van der Waals surface area contributed by atoms with Gasteiger partial charge in [-0.25, -0.2) is 4.39 Å². The van der Waals surface area contributed by atoms with Crippen LogP contribution >= 0.6 is 27.7 Å². The van der Waals surface area contributed by atoms with Gasteiger partial charge in [0, 0.05) is 22.1 Å². The number of hydrogen-bond donors (Lipinski definition) is 0. The summed E-state index contributed by atoms with van der Waals surface area (Å²) >= 11 is 4.88. The number of carbonyl (C=O) groups excluding carboxylic acids is 1. The molecule has 30 heavy (non-hydrogen) atoms. The molecule has 0 spiro atoms. The molecule has 3 rings (SSSR count). The third-order valence-electron chi connectivity index (χ3n) is 4.29. The molecular formula is C23H24BrFN2O2S. The van der Waals surface area contributed by atoms with Crippen LogP contribution in [0.5, 0.6) is 5.75 Å². The number of rotatable bonds is 6. The van der Waals surface area contributed by atoms with Crippen LogP contribution in [-0.4, -0.2) is 28.1 Å². The molecule has 7 heteroatoms. The minimum atomic E-state index is -0.279. The van der Waals surface area contributed by atoms with Gasteiger partial charge >= 0.3 is 0 Å². The van der Waals surface area contributed by atoms with Gasteiger partial charge in [-0.1, -0.05) is 28.1 Å². The second-order valence-corrected chi connectivity index (χ2v) is 9.41. The number of carbonyl (C=O) groups is 1. The van der Waals surface area contributed by atoms with Crippen LogP contribution in [0.25, 0.3) is 6.08 Å². The lowest BCUT2D eigenvalue weighted by Gasteiger charge is -2.20. The third kappa shape index (κ3) is 5.52. The summed E-state index contributed by atoms with van der Waals surface area (Å²) in [6.45, 7) is 8.25. The summed E-state index contributed by atoms with van der Waals surface area (Å²) in [6, 6.07) is 12.0. The summed E-state index contributed by atoms with van der Waals surface area (Å²) in [7, 11) is 0. The van der Waals surface area contributed by atoms with Crippen molar-refractivity contribution in [2.45, 2.75) is 46.4 Å². The number of nitrogens with zero attached hydrogens (tertiary/aromatic N) is 2. The molecule has 1 heterocycles. The van der Waals surface area contributed by atoms with Gasteiger partial charge in [-0.3, -0.25) is 14.7 Å². The average molecular weight is 491 g/mol. The maximum absolute atomic E-state index is 13.1. The molecular weight excluding hydrogens is 467 g/mol. The highest BCUT2D eigenvalue weighted by atomic mass is 79.9. The zero-order chi connectivity index (χ0) is 21.8. The van der Waals surface area contributed by atoms with Crippen molar-refractivity contribution in [3.8, 4) is 5.75 Å². The highest BCUT2D eigenvalue weighted by molar-refractivity contribution is 9.10. The lowest BCUT2D eigenvalue weighted by atomic mass is 10.1. The number of amidine groups is 1. The lowest BCUT2D eigenvalue weighted by Crippen LogP contribution is -2.35. The Hall–Kier alpha value is -2.12. The Kier molecular flexibility index (Phi) is 7.36. The van der Waals surface area contributed by atoms with Crippen molar-refractivity contribution in [2.75, 3.05) is 0 Å². The fourth-order valence-corrected chi connectivity index (χ4v) is 4.50. The van der Waals surface area contributed by atoms with Gasteiger partial charge in [0.25, 0.3) is 5.91 Å². The Labute approximate surface area is 189 Å². The van der Waals surface area contributed by atoms with E-state index in [0.29, 0.717) is 17.3 Å².